The molecule has 4 fully saturated rings. The zero-order valence-electron chi connectivity index (χ0n) is 23.0. The molecule has 0 aromatic rings. The number of hydrogen-bond donors (Lipinski definition) is 7. The lowest BCUT2D eigenvalue weighted by Crippen LogP contribution is -2.75. The second-order valence-electron chi connectivity index (χ2n) is 13.6. The van der Waals surface area contributed by atoms with Crippen LogP contribution in [0.15, 0.2) is 0 Å². The molecule has 11 heteroatoms. The van der Waals surface area contributed by atoms with Crippen LogP contribution in [-0.2, 0) is 14.6 Å². The standard InChI is InChI=1S/C27H48O10S/c1-14(13-28)6-5-7-15(2)19-20(30)21(31)23-26(19,4)11-9-18-25(3)10-8-16(29)12-17(25)22(37-38(34,35)36)24(32)27(18,23)33/h14-24,28-33H,5-13H2,1-4H3,(H,34,35,36)/t14?,15-,16+,17-,18-,19+,20-,21+,22?,23-,24?,25+,26-,27+/m1/s1. The summed E-state index contributed by atoms with van der Waals surface area (Å²) in [6, 6.07) is 0. The van der Waals surface area contributed by atoms with E-state index in [1.54, 1.807) is 0 Å². The molecule has 0 saturated heterocycles. The summed E-state index contributed by atoms with van der Waals surface area (Å²) in [5.74, 6) is -2.36. The van der Waals surface area contributed by atoms with E-state index in [0.29, 0.717) is 25.7 Å². The first-order chi connectivity index (χ1) is 17.5. The lowest BCUT2D eigenvalue weighted by Gasteiger charge is -2.67. The van der Waals surface area contributed by atoms with Crippen LogP contribution in [0.25, 0.3) is 0 Å². The van der Waals surface area contributed by atoms with Crippen LogP contribution < -0.4 is 0 Å². The third kappa shape index (κ3) is 4.77. The van der Waals surface area contributed by atoms with Gasteiger partial charge in [0.05, 0.1) is 18.3 Å². The molecule has 3 unspecified atom stereocenters. The van der Waals surface area contributed by atoms with Gasteiger partial charge in [0.25, 0.3) is 0 Å². The summed E-state index contributed by atoms with van der Waals surface area (Å²) in [5.41, 5.74) is -3.48. The van der Waals surface area contributed by atoms with Crippen molar-refractivity contribution in [2.24, 2.45) is 46.3 Å². The molecule has 0 spiro atoms. The maximum atomic E-state index is 12.5. The molecule has 38 heavy (non-hydrogen) atoms. The van der Waals surface area contributed by atoms with Gasteiger partial charge in [0.1, 0.15) is 17.8 Å². The Morgan fingerprint density at radius 3 is 2.21 bits per heavy atom. The van der Waals surface area contributed by atoms with E-state index in [1.807, 2.05) is 27.7 Å². The van der Waals surface area contributed by atoms with Gasteiger partial charge in [-0.25, -0.2) is 4.18 Å². The Morgan fingerprint density at radius 1 is 0.974 bits per heavy atom. The molecule has 10 nitrogen and oxygen atoms in total. The molecule has 0 heterocycles. The fourth-order valence-corrected chi connectivity index (χ4v) is 10.3. The number of aliphatic hydroxyl groups is 6. The van der Waals surface area contributed by atoms with Gasteiger partial charge in [-0.3, -0.25) is 4.55 Å². The molecule has 0 radical (unpaired) electrons. The lowest BCUT2D eigenvalue weighted by molar-refractivity contribution is -0.306. The molecule has 14 atom stereocenters. The highest BCUT2D eigenvalue weighted by molar-refractivity contribution is 7.80. The molecule has 0 aromatic heterocycles. The van der Waals surface area contributed by atoms with E-state index >= 15 is 0 Å². The van der Waals surface area contributed by atoms with Gasteiger partial charge >= 0.3 is 10.4 Å². The quantitative estimate of drug-likeness (QED) is 0.212. The average molecular weight is 565 g/mol. The van der Waals surface area contributed by atoms with Crippen LogP contribution >= 0.6 is 0 Å². The Morgan fingerprint density at radius 2 is 1.61 bits per heavy atom. The van der Waals surface area contributed by atoms with Crippen LogP contribution in [-0.4, -0.2) is 86.3 Å². The molecule has 4 rings (SSSR count). The van der Waals surface area contributed by atoms with Crippen LogP contribution in [0.1, 0.15) is 79.1 Å². The van der Waals surface area contributed by atoms with Gasteiger partial charge in [0, 0.05) is 12.5 Å². The van der Waals surface area contributed by atoms with Crippen molar-refractivity contribution in [1.82, 2.24) is 0 Å². The Kier molecular flexibility index (Phi) is 8.43. The van der Waals surface area contributed by atoms with E-state index in [9.17, 15) is 43.6 Å². The molecule has 0 aliphatic heterocycles. The van der Waals surface area contributed by atoms with Crippen LogP contribution in [0.4, 0.5) is 0 Å². The van der Waals surface area contributed by atoms with E-state index in [2.05, 4.69) is 0 Å². The van der Waals surface area contributed by atoms with E-state index in [-0.39, 0.29) is 30.8 Å². The Hall–Kier alpha value is -0.370. The van der Waals surface area contributed by atoms with Crippen molar-refractivity contribution in [1.29, 1.82) is 0 Å². The summed E-state index contributed by atoms with van der Waals surface area (Å²) in [6.07, 6.45) is -1.96. The molecule has 0 bridgehead atoms. The highest BCUT2D eigenvalue weighted by Gasteiger charge is 2.76. The second kappa shape index (κ2) is 10.5. The van der Waals surface area contributed by atoms with Gasteiger partial charge in [-0.2, -0.15) is 8.42 Å². The van der Waals surface area contributed by atoms with Crippen molar-refractivity contribution in [2.45, 2.75) is 115 Å². The molecule has 4 aliphatic carbocycles. The molecule has 4 aliphatic rings. The highest BCUT2D eigenvalue weighted by atomic mass is 32.3. The Bertz CT molecular complexity index is 962. The van der Waals surface area contributed by atoms with Crippen molar-refractivity contribution in [3.63, 3.8) is 0 Å². The van der Waals surface area contributed by atoms with Crippen molar-refractivity contribution >= 4 is 10.4 Å². The Balaban J connectivity index is 1.73. The van der Waals surface area contributed by atoms with Crippen LogP contribution in [0.3, 0.4) is 0 Å². The van der Waals surface area contributed by atoms with E-state index in [1.165, 1.54) is 0 Å². The predicted octanol–water partition coefficient (Wildman–Crippen LogP) is 1.27. The molecular formula is C27H48O10S. The van der Waals surface area contributed by atoms with Crippen molar-refractivity contribution in [3.05, 3.63) is 0 Å². The topological polar surface area (TPSA) is 185 Å². The average Bonchev–Trinajstić information content (AvgIpc) is 3.03. The van der Waals surface area contributed by atoms with Crippen molar-refractivity contribution in [3.8, 4) is 0 Å². The van der Waals surface area contributed by atoms with E-state index < -0.39 is 75.1 Å². The first kappa shape index (κ1) is 30.6. The minimum absolute atomic E-state index is 0.0144. The first-order valence-electron chi connectivity index (χ1n) is 14.2. The number of aliphatic hydroxyl groups excluding tert-OH is 5. The summed E-state index contributed by atoms with van der Waals surface area (Å²) in [7, 11) is -5.00. The lowest BCUT2D eigenvalue weighted by atomic mass is 9.41. The third-order valence-corrected chi connectivity index (χ3v) is 11.9. The fourth-order valence-electron chi connectivity index (χ4n) is 9.75. The normalized spacial score (nSPS) is 50.6. The molecule has 0 aromatic carbocycles. The van der Waals surface area contributed by atoms with E-state index in [0.717, 1.165) is 19.3 Å². The summed E-state index contributed by atoms with van der Waals surface area (Å²) in [4.78, 5) is 0. The zero-order chi connectivity index (χ0) is 28.4. The summed E-state index contributed by atoms with van der Waals surface area (Å²) < 4.78 is 38.3. The SMILES string of the molecule is CC(CO)CCC[C@@H](C)[C@H]1[C@@H](O)[C@H](O)[C@@H]2[C@]1(C)CC[C@@H]1[C@@]3(C)CC[C@H](O)C[C@@H]3C(OS(=O)(=O)O)C(O)[C@]12O. The van der Waals surface area contributed by atoms with Crippen LogP contribution in [0, 0.1) is 46.3 Å². The van der Waals surface area contributed by atoms with E-state index in [4.69, 9.17) is 4.18 Å². The number of rotatable bonds is 8. The molecule has 7 N–H and O–H groups in total. The first-order valence-corrected chi connectivity index (χ1v) is 15.6. The van der Waals surface area contributed by atoms with Gasteiger partial charge < -0.3 is 30.6 Å². The number of hydrogen-bond acceptors (Lipinski definition) is 9. The smallest absolute Gasteiger partial charge is 0.396 e. The van der Waals surface area contributed by atoms with Gasteiger partial charge in [-0.15, -0.1) is 0 Å². The van der Waals surface area contributed by atoms with Gasteiger partial charge in [-0.1, -0.05) is 40.5 Å². The van der Waals surface area contributed by atoms with Gasteiger partial charge in [-0.05, 0) is 78.9 Å². The maximum Gasteiger partial charge on any atom is 0.397 e. The number of fused-ring (bicyclic) bond motifs is 5. The minimum atomic E-state index is -5.00. The summed E-state index contributed by atoms with van der Waals surface area (Å²) >= 11 is 0. The van der Waals surface area contributed by atoms with Crippen molar-refractivity contribution < 1.29 is 47.8 Å². The maximum absolute atomic E-state index is 12.5. The van der Waals surface area contributed by atoms with Crippen LogP contribution in [0.5, 0.6) is 0 Å². The second-order valence-corrected chi connectivity index (χ2v) is 14.7. The van der Waals surface area contributed by atoms with Gasteiger partial charge in [0.15, 0.2) is 0 Å². The van der Waals surface area contributed by atoms with Gasteiger partial charge in [0.2, 0.25) is 0 Å². The Labute approximate surface area is 226 Å². The fraction of sp³-hybridized carbons (Fsp3) is 1.00. The highest BCUT2D eigenvalue weighted by Crippen LogP contribution is 2.70. The molecule has 222 valence electrons. The molecule has 0 amide bonds. The molecular weight excluding hydrogens is 516 g/mol. The van der Waals surface area contributed by atoms with Crippen molar-refractivity contribution in [2.75, 3.05) is 6.61 Å². The summed E-state index contributed by atoms with van der Waals surface area (Å²) in [5, 5.41) is 66.9. The minimum Gasteiger partial charge on any atom is -0.396 e. The zero-order valence-corrected chi connectivity index (χ0v) is 23.8. The largest absolute Gasteiger partial charge is 0.397 e. The predicted molar refractivity (Wildman–Crippen MR) is 138 cm³/mol. The van der Waals surface area contributed by atoms with Crippen LogP contribution in [0.2, 0.25) is 0 Å². The third-order valence-electron chi connectivity index (χ3n) is 11.4. The summed E-state index contributed by atoms with van der Waals surface area (Å²) in [6.45, 7) is 7.95. The molecule has 4 saturated carbocycles. The monoisotopic (exact) mass is 564 g/mol.